The van der Waals surface area contributed by atoms with E-state index in [0.29, 0.717) is 12.3 Å². The van der Waals surface area contributed by atoms with E-state index in [9.17, 15) is 9.90 Å². The summed E-state index contributed by atoms with van der Waals surface area (Å²) in [5, 5.41) is 9.30. The number of amides is 1. The number of hydrogen-bond donors (Lipinski definition) is 1. The van der Waals surface area contributed by atoms with Crippen LogP contribution in [0.5, 0.6) is 5.75 Å². The number of hydrogen-bond acceptors (Lipinski definition) is 3. The first kappa shape index (κ1) is 16.6. The van der Waals surface area contributed by atoms with Gasteiger partial charge in [0.15, 0.2) is 0 Å². The summed E-state index contributed by atoms with van der Waals surface area (Å²) in [6, 6.07) is 7.08. The molecule has 1 aromatic carbocycles. The van der Waals surface area contributed by atoms with Gasteiger partial charge in [0.1, 0.15) is 11.6 Å². The molecule has 0 atom stereocenters. The lowest BCUT2D eigenvalue weighted by atomic mass is 9.95. The van der Waals surface area contributed by atoms with Crippen LogP contribution in [0, 0.1) is 0 Å². The van der Waals surface area contributed by atoms with Crippen molar-refractivity contribution in [2.45, 2.75) is 45.1 Å². The van der Waals surface area contributed by atoms with Crippen molar-refractivity contribution in [3.8, 4) is 5.75 Å². The Hall–Kier alpha value is -2.30. The van der Waals surface area contributed by atoms with E-state index >= 15 is 0 Å². The van der Waals surface area contributed by atoms with Crippen LogP contribution in [0.4, 0.5) is 0 Å². The van der Waals surface area contributed by atoms with Crippen LogP contribution in [0.15, 0.2) is 36.7 Å². The fourth-order valence-electron chi connectivity index (χ4n) is 3.41. The highest BCUT2D eigenvalue weighted by atomic mass is 16.3. The van der Waals surface area contributed by atoms with E-state index in [2.05, 4.69) is 16.5 Å². The van der Waals surface area contributed by atoms with E-state index in [0.717, 1.165) is 50.3 Å². The molecule has 0 spiro atoms. The predicted octanol–water partition coefficient (Wildman–Crippen LogP) is 2.95. The molecule has 5 heteroatoms. The SMILES string of the molecule is CCn1ccnc1C1CCN(C(=O)CCc2ccc(O)cc2)CC1. The Balaban J connectivity index is 1.49. The van der Waals surface area contributed by atoms with E-state index in [1.54, 1.807) is 12.1 Å². The first-order chi connectivity index (χ1) is 11.7. The molecule has 0 aliphatic carbocycles. The zero-order valence-corrected chi connectivity index (χ0v) is 14.2. The molecule has 5 nitrogen and oxygen atoms in total. The third kappa shape index (κ3) is 3.78. The number of likely N-dealkylation sites (tertiary alicyclic amines) is 1. The Morgan fingerprint density at radius 2 is 1.96 bits per heavy atom. The van der Waals surface area contributed by atoms with Crippen LogP contribution < -0.4 is 0 Å². The highest BCUT2D eigenvalue weighted by molar-refractivity contribution is 5.76. The zero-order valence-electron chi connectivity index (χ0n) is 14.2. The van der Waals surface area contributed by atoms with Gasteiger partial charge in [0.2, 0.25) is 5.91 Å². The van der Waals surface area contributed by atoms with Crippen LogP contribution in [0.25, 0.3) is 0 Å². The number of benzene rings is 1. The van der Waals surface area contributed by atoms with E-state index < -0.39 is 0 Å². The highest BCUT2D eigenvalue weighted by Gasteiger charge is 2.25. The van der Waals surface area contributed by atoms with Crippen molar-refractivity contribution < 1.29 is 9.90 Å². The monoisotopic (exact) mass is 327 g/mol. The standard InChI is InChI=1S/C19H25N3O2/c1-2-21-14-11-20-19(21)16-9-12-22(13-10-16)18(24)8-5-15-3-6-17(23)7-4-15/h3-4,6-7,11,14,16,23H,2,5,8-10,12-13H2,1H3. The summed E-state index contributed by atoms with van der Waals surface area (Å²) in [6.45, 7) is 4.71. The van der Waals surface area contributed by atoms with Gasteiger partial charge in [0.25, 0.3) is 0 Å². The van der Waals surface area contributed by atoms with Crippen LogP contribution >= 0.6 is 0 Å². The summed E-state index contributed by atoms with van der Waals surface area (Å²) in [5.41, 5.74) is 1.08. The lowest BCUT2D eigenvalue weighted by Gasteiger charge is -2.32. The average molecular weight is 327 g/mol. The van der Waals surface area contributed by atoms with E-state index in [1.165, 1.54) is 0 Å². The molecule has 2 heterocycles. The summed E-state index contributed by atoms with van der Waals surface area (Å²) in [5.74, 6) is 2.10. The second kappa shape index (κ2) is 7.51. The number of carbonyl (C=O) groups excluding carboxylic acids is 1. The number of aromatic nitrogens is 2. The van der Waals surface area contributed by atoms with Gasteiger partial charge in [-0.25, -0.2) is 4.98 Å². The van der Waals surface area contributed by atoms with Gasteiger partial charge >= 0.3 is 0 Å². The number of phenols is 1. The molecule has 3 rings (SSSR count). The number of rotatable bonds is 5. The quantitative estimate of drug-likeness (QED) is 0.918. The summed E-state index contributed by atoms with van der Waals surface area (Å²) >= 11 is 0. The smallest absolute Gasteiger partial charge is 0.222 e. The molecule has 128 valence electrons. The maximum absolute atomic E-state index is 12.4. The van der Waals surface area contributed by atoms with Crippen LogP contribution in [-0.2, 0) is 17.8 Å². The van der Waals surface area contributed by atoms with Crippen molar-refractivity contribution in [2.24, 2.45) is 0 Å². The van der Waals surface area contributed by atoms with Gasteiger partial charge in [-0.1, -0.05) is 12.1 Å². The average Bonchev–Trinajstić information content (AvgIpc) is 3.10. The summed E-state index contributed by atoms with van der Waals surface area (Å²) < 4.78 is 2.20. The summed E-state index contributed by atoms with van der Waals surface area (Å²) in [4.78, 5) is 18.9. The lowest BCUT2D eigenvalue weighted by Crippen LogP contribution is -2.38. The third-order valence-electron chi connectivity index (χ3n) is 4.87. The molecule has 24 heavy (non-hydrogen) atoms. The summed E-state index contributed by atoms with van der Waals surface area (Å²) in [7, 11) is 0. The van der Waals surface area contributed by atoms with Crippen LogP contribution in [-0.4, -0.2) is 38.6 Å². The minimum Gasteiger partial charge on any atom is -0.508 e. The van der Waals surface area contributed by atoms with E-state index in [-0.39, 0.29) is 11.7 Å². The predicted molar refractivity (Wildman–Crippen MR) is 92.9 cm³/mol. The maximum atomic E-state index is 12.4. The van der Waals surface area contributed by atoms with Crippen LogP contribution in [0.2, 0.25) is 0 Å². The molecule has 0 bridgehead atoms. The molecular weight excluding hydrogens is 302 g/mol. The molecule has 2 aromatic rings. The molecule has 1 aliphatic heterocycles. The number of imidazole rings is 1. The van der Waals surface area contributed by atoms with Crippen LogP contribution in [0.3, 0.4) is 0 Å². The van der Waals surface area contributed by atoms with E-state index in [1.807, 2.05) is 29.4 Å². The van der Waals surface area contributed by atoms with Crippen molar-refractivity contribution >= 4 is 5.91 Å². The first-order valence-corrected chi connectivity index (χ1v) is 8.74. The van der Waals surface area contributed by atoms with Crippen molar-refractivity contribution in [1.29, 1.82) is 0 Å². The Kier molecular flexibility index (Phi) is 5.18. The minimum absolute atomic E-state index is 0.223. The maximum Gasteiger partial charge on any atom is 0.222 e. The van der Waals surface area contributed by atoms with Gasteiger partial charge in [0, 0.05) is 44.4 Å². The minimum atomic E-state index is 0.223. The zero-order chi connectivity index (χ0) is 16.9. The summed E-state index contributed by atoms with van der Waals surface area (Å²) in [6.07, 6.45) is 7.13. The Bertz CT molecular complexity index is 670. The molecule has 1 fully saturated rings. The molecule has 1 N–H and O–H groups in total. The Morgan fingerprint density at radius 3 is 2.62 bits per heavy atom. The van der Waals surface area contributed by atoms with Gasteiger partial charge < -0.3 is 14.6 Å². The molecule has 1 aromatic heterocycles. The van der Waals surface area contributed by atoms with Gasteiger partial charge in [0.05, 0.1) is 0 Å². The number of carbonyl (C=O) groups is 1. The molecule has 0 radical (unpaired) electrons. The van der Waals surface area contributed by atoms with Crippen molar-refractivity contribution in [1.82, 2.24) is 14.5 Å². The molecule has 1 aliphatic rings. The van der Waals surface area contributed by atoms with Gasteiger partial charge in [-0.3, -0.25) is 4.79 Å². The largest absolute Gasteiger partial charge is 0.508 e. The van der Waals surface area contributed by atoms with Gasteiger partial charge in [-0.2, -0.15) is 0 Å². The molecule has 0 saturated carbocycles. The van der Waals surface area contributed by atoms with Gasteiger partial charge in [-0.15, -0.1) is 0 Å². The fourth-order valence-corrected chi connectivity index (χ4v) is 3.41. The Labute approximate surface area is 142 Å². The highest BCUT2D eigenvalue weighted by Crippen LogP contribution is 2.27. The van der Waals surface area contributed by atoms with E-state index in [4.69, 9.17) is 0 Å². The van der Waals surface area contributed by atoms with Crippen molar-refractivity contribution in [3.05, 3.63) is 48.0 Å². The second-order valence-corrected chi connectivity index (χ2v) is 6.39. The molecular formula is C19H25N3O2. The van der Waals surface area contributed by atoms with Gasteiger partial charge in [-0.05, 0) is 43.9 Å². The number of piperidine rings is 1. The molecule has 1 saturated heterocycles. The molecule has 1 amide bonds. The number of aryl methyl sites for hydroxylation is 2. The van der Waals surface area contributed by atoms with Crippen molar-refractivity contribution in [3.63, 3.8) is 0 Å². The topological polar surface area (TPSA) is 58.4 Å². The lowest BCUT2D eigenvalue weighted by molar-refractivity contribution is -0.132. The number of nitrogens with zero attached hydrogens (tertiary/aromatic N) is 3. The second-order valence-electron chi connectivity index (χ2n) is 6.39. The normalized spacial score (nSPS) is 15.6. The number of aromatic hydroxyl groups is 1. The first-order valence-electron chi connectivity index (χ1n) is 8.74. The number of phenolic OH excluding ortho intramolecular Hbond substituents is 1. The van der Waals surface area contributed by atoms with Crippen LogP contribution in [0.1, 0.15) is 43.5 Å². The fraction of sp³-hybridized carbons (Fsp3) is 0.474. The Morgan fingerprint density at radius 1 is 1.25 bits per heavy atom. The molecule has 0 unspecified atom stereocenters. The van der Waals surface area contributed by atoms with Crippen molar-refractivity contribution in [2.75, 3.05) is 13.1 Å². The third-order valence-corrected chi connectivity index (χ3v) is 4.87.